The van der Waals surface area contributed by atoms with Crippen LogP contribution in [-0.2, 0) is 9.53 Å². The van der Waals surface area contributed by atoms with E-state index in [-0.39, 0.29) is 17.9 Å². The number of likely N-dealkylation sites (tertiary alicyclic amines) is 1. The van der Waals surface area contributed by atoms with Gasteiger partial charge in [-0.2, -0.15) is 0 Å². The molecule has 0 aliphatic carbocycles. The normalized spacial score (nSPS) is 25.8. The smallest absolute Gasteiger partial charge is 0.410 e. The molecule has 2 amide bonds. The Morgan fingerprint density at radius 3 is 2.81 bits per heavy atom. The average Bonchev–Trinajstić information content (AvgIpc) is 3.14. The van der Waals surface area contributed by atoms with Gasteiger partial charge in [0, 0.05) is 30.6 Å². The highest BCUT2D eigenvalue weighted by molar-refractivity contribution is 6.30. The third-order valence-electron chi connectivity index (χ3n) is 5.08. The van der Waals surface area contributed by atoms with Gasteiger partial charge in [-0.05, 0) is 37.0 Å². The van der Waals surface area contributed by atoms with Gasteiger partial charge in [-0.1, -0.05) is 23.7 Å². The zero-order valence-corrected chi connectivity index (χ0v) is 15.6. The first-order valence-electron chi connectivity index (χ1n) is 8.96. The van der Waals surface area contributed by atoms with Gasteiger partial charge < -0.3 is 10.1 Å². The van der Waals surface area contributed by atoms with Crippen LogP contribution in [0, 0.1) is 5.92 Å². The molecule has 2 heterocycles. The van der Waals surface area contributed by atoms with Crippen molar-refractivity contribution in [2.24, 2.45) is 5.92 Å². The zero-order valence-electron chi connectivity index (χ0n) is 14.8. The van der Waals surface area contributed by atoms with E-state index < -0.39 is 12.1 Å². The number of hydrogen-bond donors (Lipinski definition) is 3. The van der Waals surface area contributed by atoms with Gasteiger partial charge in [0.25, 0.3) is 0 Å². The Hall–Kier alpha value is -1.83. The van der Waals surface area contributed by atoms with Gasteiger partial charge in [0.05, 0.1) is 13.2 Å². The number of carbonyl (C=O) groups is 2. The second-order valence-electron chi connectivity index (χ2n) is 6.73. The molecule has 0 saturated carbocycles. The van der Waals surface area contributed by atoms with Gasteiger partial charge in [-0.15, -0.1) is 0 Å². The van der Waals surface area contributed by atoms with Gasteiger partial charge in [0.1, 0.15) is 6.04 Å². The molecule has 1 aromatic rings. The van der Waals surface area contributed by atoms with Crippen LogP contribution in [0.25, 0.3) is 0 Å². The van der Waals surface area contributed by atoms with E-state index in [9.17, 15) is 9.59 Å². The van der Waals surface area contributed by atoms with Crippen LogP contribution in [0.4, 0.5) is 4.79 Å². The SMILES string of the molecule is COC(=O)N1CCCCC1C(=O)NCC1CNNC1c1ccc(Cl)cc1. The number of hydrazine groups is 1. The highest BCUT2D eigenvalue weighted by Gasteiger charge is 2.34. The Morgan fingerprint density at radius 2 is 2.08 bits per heavy atom. The number of nitrogens with one attached hydrogen (secondary N) is 3. The molecule has 1 aromatic carbocycles. The van der Waals surface area contributed by atoms with Crippen LogP contribution in [0.15, 0.2) is 24.3 Å². The van der Waals surface area contributed by atoms with E-state index >= 15 is 0 Å². The van der Waals surface area contributed by atoms with E-state index in [1.807, 2.05) is 24.3 Å². The minimum absolute atomic E-state index is 0.0932. The van der Waals surface area contributed by atoms with Crippen LogP contribution in [0.5, 0.6) is 0 Å². The maximum absolute atomic E-state index is 12.7. The van der Waals surface area contributed by atoms with Gasteiger partial charge in [-0.25, -0.2) is 10.2 Å². The van der Waals surface area contributed by atoms with E-state index in [1.165, 1.54) is 12.0 Å². The fraction of sp³-hybridized carbons (Fsp3) is 0.556. The molecule has 3 N–H and O–H groups in total. The maximum atomic E-state index is 12.7. The van der Waals surface area contributed by atoms with Crippen LogP contribution < -0.4 is 16.2 Å². The number of methoxy groups -OCH3 is 1. The van der Waals surface area contributed by atoms with Crippen LogP contribution in [-0.4, -0.2) is 49.7 Å². The lowest BCUT2D eigenvalue weighted by Crippen LogP contribution is -2.52. The molecule has 0 bridgehead atoms. The molecule has 0 spiro atoms. The minimum Gasteiger partial charge on any atom is -0.453 e. The van der Waals surface area contributed by atoms with Gasteiger partial charge >= 0.3 is 6.09 Å². The van der Waals surface area contributed by atoms with E-state index in [0.717, 1.165) is 24.9 Å². The lowest BCUT2D eigenvalue weighted by atomic mass is 9.94. The predicted octanol–water partition coefficient (Wildman–Crippen LogP) is 1.84. The first kappa shape index (κ1) is 18.9. The second kappa shape index (κ2) is 8.70. The lowest BCUT2D eigenvalue weighted by molar-refractivity contribution is -0.127. The summed E-state index contributed by atoms with van der Waals surface area (Å²) in [7, 11) is 1.35. The molecule has 3 unspecified atom stereocenters. The molecule has 0 radical (unpaired) electrons. The lowest BCUT2D eigenvalue weighted by Gasteiger charge is -2.33. The second-order valence-corrected chi connectivity index (χ2v) is 7.17. The van der Waals surface area contributed by atoms with E-state index in [2.05, 4.69) is 16.2 Å². The van der Waals surface area contributed by atoms with Gasteiger partial charge in [-0.3, -0.25) is 15.1 Å². The molecule has 26 heavy (non-hydrogen) atoms. The first-order chi connectivity index (χ1) is 12.6. The number of halogens is 1. The van der Waals surface area contributed by atoms with Crippen LogP contribution in [0.2, 0.25) is 5.02 Å². The molecule has 2 aliphatic heterocycles. The van der Waals surface area contributed by atoms with Crippen molar-refractivity contribution in [1.29, 1.82) is 0 Å². The molecular weight excluding hydrogens is 356 g/mol. The number of ether oxygens (including phenoxy) is 1. The monoisotopic (exact) mass is 380 g/mol. The molecule has 3 rings (SSSR count). The molecule has 2 saturated heterocycles. The maximum Gasteiger partial charge on any atom is 0.410 e. The van der Waals surface area contributed by atoms with Crippen molar-refractivity contribution in [3.63, 3.8) is 0 Å². The minimum atomic E-state index is -0.451. The quantitative estimate of drug-likeness (QED) is 0.742. The Morgan fingerprint density at radius 1 is 1.31 bits per heavy atom. The summed E-state index contributed by atoms with van der Waals surface area (Å²) in [5, 5.41) is 3.72. The largest absolute Gasteiger partial charge is 0.453 e. The van der Waals surface area contributed by atoms with Crippen LogP contribution in [0.1, 0.15) is 30.9 Å². The molecule has 3 atom stereocenters. The van der Waals surface area contributed by atoms with Gasteiger partial charge in [0.15, 0.2) is 0 Å². The number of hydrogen-bond acceptors (Lipinski definition) is 5. The molecule has 2 fully saturated rings. The number of rotatable bonds is 4. The summed E-state index contributed by atoms with van der Waals surface area (Å²) in [4.78, 5) is 26.1. The highest BCUT2D eigenvalue weighted by Crippen LogP contribution is 2.26. The third kappa shape index (κ3) is 4.28. The number of amides is 2. The van der Waals surface area contributed by atoms with Crippen LogP contribution >= 0.6 is 11.6 Å². The fourth-order valence-electron chi connectivity index (χ4n) is 3.64. The van der Waals surface area contributed by atoms with Gasteiger partial charge in [0.2, 0.25) is 5.91 Å². The molecule has 8 heteroatoms. The van der Waals surface area contributed by atoms with Crippen molar-refractivity contribution in [3.05, 3.63) is 34.9 Å². The topological polar surface area (TPSA) is 82.7 Å². The Kier molecular flexibility index (Phi) is 6.34. The van der Waals surface area contributed by atoms with Crippen molar-refractivity contribution in [3.8, 4) is 0 Å². The Balaban J connectivity index is 1.59. The van der Waals surface area contributed by atoms with Crippen molar-refractivity contribution in [1.82, 2.24) is 21.1 Å². The highest BCUT2D eigenvalue weighted by atomic mass is 35.5. The summed E-state index contributed by atoms with van der Waals surface area (Å²) in [5.74, 6) is 0.0900. The zero-order chi connectivity index (χ0) is 18.5. The summed E-state index contributed by atoms with van der Waals surface area (Å²) in [5.41, 5.74) is 7.53. The predicted molar refractivity (Wildman–Crippen MR) is 98.6 cm³/mol. The Labute approximate surface area is 158 Å². The molecule has 0 aromatic heterocycles. The van der Waals surface area contributed by atoms with E-state index in [1.54, 1.807) is 0 Å². The summed E-state index contributed by atoms with van der Waals surface area (Å²) < 4.78 is 4.81. The molecule has 2 aliphatic rings. The molecule has 7 nitrogen and oxygen atoms in total. The van der Waals surface area contributed by atoms with Crippen LogP contribution in [0.3, 0.4) is 0 Å². The third-order valence-corrected chi connectivity index (χ3v) is 5.33. The summed E-state index contributed by atoms with van der Waals surface area (Å²) in [6.07, 6.45) is 2.07. The fourth-order valence-corrected chi connectivity index (χ4v) is 3.77. The van der Waals surface area contributed by atoms with Crippen molar-refractivity contribution < 1.29 is 14.3 Å². The summed E-state index contributed by atoms with van der Waals surface area (Å²) >= 11 is 5.96. The number of piperidine rings is 1. The van der Waals surface area contributed by atoms with Crippen molar-refractivity contribution in [2.75, 3.05) is 26.7 Å². The number of nitrogens with zero attached hydrogens (tertiary/aromatic N) is 1. The average molecular weight is 381 g/mol. The summed E-state index contributed by atoms with van der Waals surface area (Å²) in [6, 6.07) is 7.35. The Bertz CT molecular complexity index is 640. The van der Waals surface area contributed by atoms with Crippen molar-refractivity contribution in [2.45, 2.75) is 31.3 Å². The van der Waals surface area contributed by atoms with E-state index in [0.29, 0.717) is 24.5 Å². The number of benzene rings is 1. The summed E-state index contributed by atoms with van der Waals surface area (Å²) in [6.45, 7) is 1.83. The molecular formula is C18H25ClN4O3. The van der Waals surface area contributed by atoms with E-state index in [4.69, 9.17) is 16.3 Å². The standard InChI is InChI=1S/C18H25ClN4O3/c1-26-18(25)23-9-3-2-4-15(23)17(24)20-10-13-11-21-22-16(13)12-5-7-14(19)8-6-12/h5-8,13,15-16,21-22H,2-4,9-11H2,1H3,(H,20,24). The molecule has 142 valence electrons. The first-order valence-corrected chi connectivity index (χ1v) is 9.34. The number of carbonyl (C=O) groups excluding carboxylic acids is 2. The van der Waals surface area contributed by atoms with Crippen molar-refractivity contribution >= 4 is 23.6 Å².